The van der Waals surface area contributed by atoms with Gasteiger partial charge in [-0.15, -0.1) is 0 Å². The summed E-state index contributed by atoms with van der Waals surface area (Å²) >= 11 is 3.45. The third-order valence-corrected chi connectivity index (χ3v) is 4.22. The zero-order chi connectivity index (χ0) is 14.7. The summed E-state index contributed by atoms with van der Waals surface area (Å²) in [5.74, 6) is 1.40. The maximum absolute atomic E-state index is 12.5. The van der Waals surface area contributed by atoms with E-state index in [2.05, 4.69) is 20.8 Å². The fourth-order valence-corrected chi connectivity index (χ4v) is 3.16. The van der Waals surface area contributed by atoms with Gasteiger partial charge in [-0.25, -0.2) is 0 Å². The maximum Gasteiger partial charge on any atom is 0.267 e. The van der Waals surface area contributed by atoms with Crippen LogP contribution >= 0.6 is 15.9 Å². The lowest BCUT2D eigenvalue weighted by molar-refractivity contribution is -0.142. The molecule has 0 saturated carbocycles. The Kier molecular flexibility index (Phi) is 4.65. The number of hydrogen-bond acceptors (Lipinski definition) is 4. The second-order valence-corrected chi connectivity index (χ2v) is 6.01. The molecule has 1 unspecified atom stereocenters. The molecule has 0 aliphatic carbocycles. The number of alkyl halides is 1. The quantitative estimate of drug-likeness (QED) is 0.768. The lowest BCUT2D eigenvalue weighted by Gasteiger charge is -2.36. The van der Waals surface area contributed by atoms with Crippen LogP contribution in [0.5, 0.6) is 11.5 Å². The number of benzene rings is 1. The van der Waals surface area contributed by atoms with Crippen LogP contribution in [0.4, 0.5) is 0 Å². The van der Waals surface area contributed by atoms with Crippen molar-refractivity contribution in [1.29, 1.82) is 0 Å². The van der Waals surface area contributed by atoms with E-state index in [1.807, 2.05) is 29.2 Å². The Morgan fingerprint density at radius 3 is 2.62 bits per heavy atom. The summed E-state index contributed by atoms with van der Waals surface area (Å²) in [4.78, 5) is 16.8. The van der Waals surface area contributed by atoms with Crippen molar-refractivity contribution in [3.63, 3.8) is 0 Å². The molecule has 6 heteroatoms. The van der Waals surface area contributed by atoms with Crippen LogP contribution in [0, 0.1) is 0 Å². The van der Waals surface area contributed by atoms with Gasteiger partial charge in [0.2, 0.25) is 6.10 Å². The molecule has 0 spiro atoms. The predicted octanol–water partition coefficient (Wildman–Crippen LogP) is 1.37. The Bertz CT molecular complexity index is 503. The van der Waals surface area contributed by atoms with E-state index in [1.54, 1.807) is 0 Å². The normalized spacial score (nSPS) is 22.1. The van der Waals surface area contributed by atoms with Gasteiger partial charge in [0.15, 0.2) is 11.5 Å². The highest BCUT2D eigenvalue weighted by Gasteiger charge is 2.32. The molecule has 0 N–H and O–H groups in total. The van der Waals surface area contributed by atoms with Gasteiger partial charge in [-0.05, 0) is 12.1 Å². The van der Waals surface area contributed by atoms with Gasteiger partial charge in [-0.2, -0.15) is 0 Å². The first-order valence-corrected chi connectivity index (χ1v) is 8.35. The van der Waals surface area contributed by atoms with Gasteiger partial charge in [-0.1, -0.05) is 28.1 Å². The average molecular weight is 355 g/mol. The molecule has 1 aromatic rings. The van der Waals surface area contributed by atoms with Crippen molar-refractivity contribution in [3.05, 3.63) is 24.3 Å². The third-order valence-electron chi connectivity index (χ3n) is 3.87. The molecule has 3 rings (SSSR count). The monoisotopic (exact) mass is 354 g/mol. The standard InChI is InChI=1S/C15H19BrN2O3/c16-5-6-17-7-9-18(10-8-17)15(19)14-11-20-12-3-1-2-4-13(12)21-14/h1-4,14H,5-11H2. The van der Waals surface area contributed by atoms with E-state index in [-0.39, 0.29) is 12.5 Å². The van der Waals surface area contributed by atoms with Crippen molar-refractivity contribution >= 4 is 21.8 Å². The summed E-state index contributed by atoms with van der Waals surface area (Å²) in [6.07, 6.45) is -0.525. The number of piperazine rings is 1. The first-order chi connectivity index (χ1) is 10.3. The number of carbonyl (C=O) groups is 1. The number of rotatable bonds is 3. The number of amides is 1. The first-order valence-electron chi connectivity index (χ1n) is 7.23. The number of nitrogens with zero attached hydrogens (tertiary/aromatic N) is 2. The van der Waals surface area contributed by atoms with Crippen molar-refractivity contribution in [3.8, 4) is 11.5 Å². The van der Waals surface area contributed by atoms with E-state index in [0.29, 0.717) is 11.5 Å². The molecule has 114 valence electrons. The lowest BCUT2D eigenvalue weighted by atomic mass is 10.2. The minimum absolute atomic E-state index is 0.0306. The second kappa shape index (κ2) is 6.66. The molecule has 2 aliphatic rings. The van der Waals surface area contributed by atoms with E-state index in [4.69, 9.17) is 9.47 Å². The highest BCUT2D eigenvalue weighted by Crippen LogP contribution is 2.31. The van der Waals surface area contributed by atoms with Gasteiger partial charge in [0.25, 0.3) is 5.91 Å². The third kappa shape index (κ3) is 3.32. The molecule has 1 aromatic carbocycles. The fourth-order valence-electron chi connectivity index (χ4n) is 2.66. The molecule has 1 fully saturated rings. The number of ether oxygens (including phenoxy) is 2. The number of carbonyl (C=O) groups excluding carboxylic acids is 1. The predicted molar refractivity (Wildman–Crippen MR) is 83.2 cm³/mol. The van der Waals surface area contributed by atoms with Crippen LogP contribution in [0.2, 0.25) is 0 Å². The van der Waals surface area contributed by atoms with E-state index >= 15 is 0 Å². The molecule has 2 aliphatic heterocycles. The van der Waals surface area contributed by atoms with Gasteiger partial charge >= 0.3 is 0 Å². The summed E-state index contributed by atoms with van der Waals surface area (Å²) in [5.41, 5.74) is 0. The maximum atomic E-state index is 12.5. The van der Waals surface area contributed by atoms with Crippen LogP contribution in [0.15, 0.2) is 24.3 Å². The highest BCUT2D eigenvalue weighted by molar-refractivity contribution is 9.09. The number of halogens is 1. The zero-order valence-electron chi connectivity index (χ0n) is 11.8. The largest absolute Gasteiger partial charge is 0.485 e. The summed E-state index contributed by atoms with van der Waals surface area (Å²) in [6.45, 7) is 4.67. The Morgan fingerprint density at radius 1 is 1.19 bits per heavy atom. The summed E-state index contributed by atoms with van der Waals surface area (Å²) < 4.78 is 11.4. The Labute approximate surface area is 132 Å². The Hall–Kier alpha value is -1.27. The van der Waals surface area contributed by atoms with Crippen molar-refractivity contribution in [1.82, 2.24) is 9.80 Å². The van der Waals surface area contributed by atoms with E-state index < -0.39 is 6.10 Å². The molecule has 5 nitrogen and oxygen atoms in total. The van der Waals surface area contributed by atoms with Crippen molar-refractivity contribution < 1.29 is 14.3 Å². The van der Waals surface area contributed by atoms with Crippen LogP contribution < -0.4 is 9.47 Å². The molecule has 1 saturated heterocycles. The smallest absolute Gasteiger partial charge is 0.267 e. The average Bonchev–Trinajstić information content (AvgIpc) is 2.55. The summed E-state index contributed by atoms with van der Waals surface area (Å²) in [7, 11) is 0. The zero-order valence-corrected chi connectivity index (χ0v) is 13.4. The van der Waals surface area contributed by atoms with Crippen LogP contribution in [0.1, 0.15) is 0 Å². The molecule has 0 bridgehead atoms. The minimum atomic E-state index is -0.525. The van der Waals surface area contributed by atoms with E-state index in [0.717, 1.165) is 38.1 Å². The van der Waals surface area contributed by atoms with Crippen LogP contribution in [0.3, 0.4) is 0 Å². The summed E-state index contributed by atoms with van der Waals surface area (Å²) in [5, 5.41) is 0.970. The molecule has 21 heavy (non-hydrogen) atoms. The number of hydrogen-bond donors (Lipinski definition) is 0. The van der Waals surface area contributed by atoms with Crippen molar-refractivity contribution in [2.24, 2.45) is 0 Å². The molecular weight excluding hydrogens is 336 g/mol. The fraction of sp³-hybridized carbons (Fsp3) is 0.533. The SMILES string of the molecule is O=C(C1COc2ccccc2O1)N1CCN(CCBr)CC1. The molecule has 0 aromatic heterocycles. The minimum Gasteiger partial charge on any atom is -0.485 e. The van der Waals surface area contributed by atoms with Crippen LogP contribution in [0.25, 0.3) is 0 Å². The molecular formula is C15H19BrN2O3. The number of para-hydroxylation sites is 2. The molecule has 1 atom stereocenters. The molecule has 2 heterocycles. The second-order valence-electron chi connectivity index (χ2n) is 5.22. The van der Waals surface area contributed by atoms with E-state index in [9.17, 15) is 4.79 Å². The Balaban J connectivity index is 1.57. The van der Waals surface area contributed by atoms with E-state index in [1.165, 1.54) is 0 Å². The number of fused-ring (bicyclic) bond motifs is 1. The van der Waals surface area contributed by atoms with Gasteiger partial charge < -0.3 is 14.4 Å². The van der Waals surface area contributed by atoms with Crippen molar-refractivity contribution in [2.45, 2.75) is 6.10 Å². The molecule has 0 radical (unpaired) electrons. The summed E-state index contributed by atoms with van der Waals surface area (Å²) in [6, 6.07) is 7.47. The first kappa shape index (κ1) is 14.7. The highest BCUT2D eigenvalue weighted by atomic mass is 79.9. The van der Waals surface area contributed by atoms with Crippen LogP contribution in [-0.2, 0) is 4.79 Å². The van der Waals surface area contributed by atoms with Gasteiger partial charge in [0.05, 0.1) is 0 Å². The Morgan fingerprint density at radius 2 is 1.90 bits per heavy atom. The lowest BCUT2D eigenvalue weighted by Crippen LogP contribution is -2.54. The van der Waals surface area contributed by atoms with Gasteiger partial charge in [0.1, 0.15) is 6.61 Å². The van der Waals surface area contributed by atoms with Crippen molar-refractivity contribution in [2.75, 3.05) is 44.7 Å². The van der Waals surface area contributed by atoms with Crippen LogP contribution in [-0.4, -0.2) is 66.5 Å². The molecule has 1 amide bonds. The van der Waals surface area contributed by atoms with Gasteiger partial charge in [0, 0.05) is 38.1 Å². The van der Waals surface area contributed by atoms with Gasteiger partial charge in [-0.3, -0.25) is 9.69 Å². The topological polar surface area (TPSA) is 42.0 Å².